The van der Waals surface area contributed by atoms with Crippen LogP contribution >= 0.6 is 0 Å². The summed E-state index contributed by atoms with van der Waals surface area (Å²) in [6.07, 6.45) is -0.580. The van der Waals surface area contributed by atoms with Gasteiger partial charge in [0.25, 0.3) is 5.91 Å². The molecule has 1 aromatic carbocycles. The molecule has 0 radical (unpaired) electrons. The van der Waals surface area contributed by atoms with Crippen molar-refractivity contribution in [1.29, 1.82) is 0 Å². The van der Waals surface area contributed by atoms with Crippen molar-refractivity contribution in [3.8, 4) is 5.75 Å². The number of para-hydroxylation sites is 2. The molecule has 1 heterocycles. The number of hydrogen-bond donors (Lipinski definition) is 2. The normalized spacial score (nSPS) is 18.7. The molecule has 6 nitrogen and oxygen atoms in total. The zero-order chi connectivity index (χ0) is 15.4. The third-order valence-corrected chi connectivity index (χ3v) is 3.47. The van der Waals surface area contributed by atoms with E-state index in [0.717, 1.165) is 0 Å². The van der Waals surface area contributed by atoms with Gasteiger partial charge >= 0.3 is 0 Å². The van der Waals surface area contributed by atoms with Gasteiger partial charge in [0.1, 0.15) is 12.3 Å². The fraction of sp³-hybridized carbons (Fsp3) is 0.467. The van der Waals surface area contributed by atoms with Crippen molar-refractivity contribution in [2.45, 2.75) is 26.0 Å². The maximum atomic E-state index is 12.2. The molecule has 0 bridgehead atoms. The number of nitrogens with zero attached hydrogens (tertiary/aromatic N) is 1. The minimum absolute atomic E-state index is 0.0000189. The van der Waals surface area contributed by atoms with E-state index in [-0.39, 0.29) is 24.4 Å². The van der Waals surface area contributed by atoms with Gasteiger partial charge < -0.3 is 15.4 Å². The summed E-state index contributed by atoms with van der Waals surface area (Å²) >= 11 is 0. The number of likely N-dealkylation sites (N-methyl/N-ethyl adjacent to an activating group) is 1. The first-order chi connectivity index (χ1) is 10.0. The van der Waals surface area contributed by atoms with Crippen molar-refractivity contribution in [2.24, 2.45) is 0 Å². The number of benzene rings is 1. The first kappa shape index (κ1) is 15.3. The fourth-order valence-corrected chi connectivity index (χ4v) is 2.09. The van der Waals surface area contributed by atoms with E-state index in [4.69, 9.17) is 4.74 Å². The smallest absolute Gasteiger partial charge is 0.268 e. The number of nitrogens with one attached hydrogen (secondary N) is 2. The minimum Gasteiger partial charge on any atom is -0.479 e. The monoisotopic (exact) mass is 291 g/mol. The highest BCUT2D eigenvalue weighted by molar-refractivity contribution is 6.03. The lowest BCUT2D eigenvalue weighted by molar-refractivity contribution is -0.128. The molecule has 2 N–H and O–H groups in total. The van der Waals surface area contributed by atoms with Gasteiger partial charge in [0.15, 0.2) is 6.10 Å². The molecule has 21 heavy (non-hydrogen) atoms. The zero-order valence-electron chi connectivity index (χ0n) is 12.6. The molecule has 0 saturated carbocycles. The Hall–Kier alpha value is -2.08. The summed E-state index contributed by atoms with van der Waals surface area (Å²) in [5.41, 5.74) is 0.636. The second-order valence-electron chi connectivity index (χ2n) is 5.15. The summed E-state index contributed by atoms with van der Waals surface area (Å²) in [5, 5.41) is 5.85. The Balaban J connectivity index is 2.08. The average molecular weight is 291 g/mol. The van der Waals surface area contributed by atoms with Crippen molar-refractivity contribution < 1.29 is 14.3 Å². The minimum atomic E-state index is -0.580. The van der Waals surface area contributed by atoms with E-state index in [9.17, 15) is 9.59 Å². The van der Waals surface area contributed by atoms with Crippen molar-refractivity contribution in [3.63, 3.8) is 0 Å². The van der Waals surface area contributed by atoms with Crippen LogP contribution in [0.25, 0.3) is 0 Å². The van der Waals surface area contributed by atoms with Crippen LogP contribution in [-0.4, -0.2) is 44.1 Å². The number of hydrogen-bond acceptors (Lipinski definition) is 4. The number of ether oxygens (including phenoxy) is 1. The lowest BCUT2D eigenvalue weighted by Gasteiger charge is -2.32. The molecule has 1 aliphatic rings. The number of carbonyl (C=O) groups excluding carboxylic acids is 2. The number of carbonyl (C=O) groups is 2. The van der Waals surface area contributed by atoms with E-state index < -0.39 is 6.10 Å². The number of fused-ring (bicyclic) bond motifs is 1. The van der Waals surface area contributed by atoms with E-state index >= 15 is 0 Å². The quantitative estimate of drug-likeness (QED) is 0.830. The molecule has 0 spiro atoms. The molecular formula is C15H21N3O3. The Morgan fingerprint density at radius 2 is 2.14 bits per heavy atom. The van der Waals surface area contributed by atoms with Gasteiger partial charge in [-0.15, -0.1) is 0 Å². The van der Waals surface area contributed by atoms with Crippen molar-refractivity contribution >= 4 is 17.5 Å². The number of rotatable bonds is 5. The molecule has 114 valence electrons. The van der Waals surface area contributed by atoms with Crippen LogP contribution in [0, 0.1) is 0 Å². The number of amides is 2. The predicted molar refractivity (Wildman–Crippen MR) is 80.4 cm³/mol. The highest BCUT2D eigenvalue weighted by Crippen LogP contribution is 2.33. The summed E-state index contributed by atoms with van der Waals surface area (Å²) in [4.78, 5) is 25.7. The van der Waals surface area contributed by atoms with E-state index in [1.54, 1.807) is 19.1 Å². The Bertz CT molecular complexity index is 533. The van der Waals surface area contributed by atoms with Crippen molar-refractivity contribution in [1.82, 2.24) is 10.6 Å². The Morgan fingerprint density at radius 3 is 2.86 bits per heavy atom. The van der Waals surface area contributed by atoms with E-state index in [0.29, 0.717) is 18.0 Å². The standard InChI is InChI=1S/C15H21N3O3/c1-10(16-3)8-17-14(19)9-18-12-6-4-5-7-13(12)21-11(2)15(18)20/h4-7,10-11,16H,8-9H2,1-3H3,(H,17,19). The Morgan fingerprint density at radius 1 is 1.43 bits per heavy atom. The largest absolute Gasteiger partial charge is 0.479 e. The highest BCUT2D eigenvalue weighted by Gasteiger charge is 2.32. The highest BCUT2D eigenvalue weighted by atomic mass is 16.5. The molecule has 0 aromatic heterocycles. The van der Waals surface area contributed by atoms with Crippen LogP contribution in [0.3, 0.4) is 0 Å². The Labute approximate surface area is 124 Å². The lowest BCUT2D eigenvalue weighted by atomic mass is 10.2. The van der Waals surface area contributed by atoms with Crippen LogP contribution in [0.15, 0.2) is 24.3 Å². The lowest BCUT2D eigenvalue weighted by Crippen LogP contribution is -2.49. The first-order valence-corrected chi connectivity index (χ1v) is 7.04. The van der Waals surface area contributed by atoms with Crippen LogP contribution in [-0.2, 0) is 9.59 Å². The molecule has 1 aliphatic heterocycles. The van der Waals surface area contributed by atoms with Gasteiger partial charge in [0.2, 0.25) is 5.91 Å². The van der Waals surface area contributed by atoms with Crippen LogP contribution in [0.5, 0.6) is 5.75 Å². The summed E-state index contributed by atoms with van der Waals surface area (Å²) in [5.74, 6) is 0.237. The zero-order valence-corrected chi connectivity index (χ0v) is 12.6. The van der Waals surface area contributed by atoms with Crippen LogP contribution in [0.1, 0.15) is 13.8 Å². The molecule has 2 rings (SSSR count). The molecule has 0 aliphatic carbocycles. The topological polar surface area (TPSA) is 70.7 Å². The molecule has 0 saturated heterocycles. The van der Waals surface area contributed by atoms with Crippen molar-refractivity contribution in [2.75, 3.05) is 25.0 Å². The maximum Gasteiger partial charge on any atom is 0.268 e. The van der Waals surface area contributed by atoms with E-state index in [1.165, 1.54) is 4.90 Å². The SMILES string of the molecule is CNC(C)CNC(=O)CN1C(=O)C(C)Oc2ccccc21. The maximum absolute atomic E-state index is 12.2. The van der Waals surface area contributed by atoms with Crippen molar-refractivity contribution in [3.05, 3.63) is 24.3 Å². The molecule has 6 heteroatoms. The summed E-state index contributed by atoms with van der Waals surface area (Å²) in [6.45, 7) is 4.18. The summed E-state index contributed by atoms with van der Waals surface area (Å²) < 4.78 is 5.54. The third kappa shape index (κ3) is 3.52. The second-order valence-corrected chi connectivity index (χ2v) is 5.15. The molecule has 2 amide bonds. The molecular weight excluding hydrogens is 270 g/mol. The molecule has 2 unspecified atom stereocenters. The molecule has 2 atom stereocenters. The van der Waals surface area contributed by atoms with Gasteiger partial charge in [-0.05, 0) is 33.0 Å². The van der Waals surface area contributed by atoms with Gasteiger partial charge in [-0.2, -0.15) is 0 Å². The van der Waals surface area contributed by atoms with Gasteiger partial charge in [0.05, 0.1) is 5.69 Å². The Kier molecular flexibility index (Phi) is 4.80. The molecule has 1 aromatic rings. The van der Waals surface area contributed by atoms with E-state index in [2.05, 4.69) is 10.6 Å². The van der Waals surface area contributed by atoms with Gasteiger partial charge in [-0.3, -0.25) is 14.5 Å². The summed E-state index contributed by atoms with van der Waals surface area (Å²) in [7, 11) is 1.83. The van der Waals surface area contributed by atoms with Gasteiger partial charge in [0, 0.05) is 12.6 Å². The van der Waals surface area contributed by atoms with E-state index in [1.807, 2.05) is 26.1 Å². The van der Waals surface area contributed by atoms with Crippen LogP contribution < -0.4 is 20.3 Å². The summed E-state index contributed by atoms with van der Waals surface area (Å²) in [6, 6.07) is 7.42. The van der Waals surface area contributed by atoms with Gasteiger partial charge in [-0.1, -0.05) is 12.1 Å². The van der Waals surface area contributed by atoms with Gasteiger partial charge in [-0.25, -0.2) is 0 Å². The predicted octanol–water partition coefficient (Wildman–Crippen LogP) is 0.525. The number of anilines is 1. The van der Waals surface area contributed by atoms with Crippen LogP contribution in [0.4, 0.5) is 5.69 Å². The average Bonchev–Trinajstić information content (AvgIpc) is 2.49. The van der Waals surface area contributed by atoms with Crippen LogP contribution in [0.2, 0.25) is 0 Å². The third-order valence-electron chi connectivity index (χ3n) is 3.47. The first-order valence-electron chi connectivity index (χ1n) is 7.04. The second kappa shape index (κ2) is 6.58. The fourth-order valence-electron chi connectivity index (χ4n) is 2.09. The molecule has 0 fully saturated rings.